The van der Waals surface area contributed by atoms with Crippen molar-refractivity contribution in [3.8, 4) is 10.6 Å². The highest BCUT2D eigenvalue weighted by molar-refractivity contribution is 7.15. The second-order valence-corrected chi connectivity index (χ2v) is 5.12. The Morgan fingerprint density at radius 2 is 2.12 bits per heavy atom. The van der Waals surface area contributed by atoms with Crippen LogP contribution in [0.3, 0.4) is 0 Å². The lowest BCUT2D eigenvalue weighted by atomic mass is 10.2. The number of hydrogen-bond acceptors (Lipinski definition) is 3. The zero-order valence-corrected chi connectivity index (χ0v) is 9.72. The van der Waals surface area contributed by atoms with E-state index in [-0.39, 0.29) is 5.82 Å². The third-order valence-corrected chi connectivity index (χ3v) is 3.83. The summed E-state index contributed by atoms with van der Waals surface area (Å²) in [6.45, 7) is 1.81. The van der Waals surface area contributed by atoms with Crippen LogP contribution in [0.25, 0.3) is 10.6 Å². The van der Waals surface area contributed by atoms with Crippen molar-refractivity contribution in [1.29, 1.82) is 0 Å². The van der Waals surface area contributed by atoms with E-state index < -0.39 is 0 Å². The summed E-state index contributed by atoms with van der Waals surface area (Å²) in [4.78, 5) is 7.98. The summed E-state index contributed by atoms with van der Waals surface area (Å²) in [6, 6.07) is 6.81. The Hall–Kier alpha value is -1.26. The number of benzene rings is 1. The van der Waals surface area contributed by atoms with E-state index in [2.05, 4.69) is 16.9 Å². The van der Waals surface area contributed by atoms with Gasteiger partial charge in [-0.2, -0.15) is 0 Å². The highest BCUT2D eigenvalue weighted by atomic mass is 32.1. The van der Waals surface area contributed by atoms with E-state index in [4.69, 9.17) is 0 Å². The molecular weight excluding hydrogens is 223 g/mol. The van der Waals surface area contributed by atoms with E-state index in [0.29, 0.717) is 5.56 Å². The molecule has 82 valence electrons. The molecule has 0 bridgehead atoms. The third-order valence-electron chi connectivity index (χ3n) is 2.72. The van der Waals surface area contributed by atoms with Crippen LogP contribution in [-0.2, 0) is 13.1 Å². The van der Waals surface area contributed by atoms with Crippen LogP contribution >= 0.6 is 11.3 Å². The quantitative estimate of drug-likeness (QED) is 0.754. The van der Waals surface area contributed by atoms with Crippen molar-refractivity contribution in [3.05, 3.63) is 40.7 Å². The molecule has 0 amide bonds. The number of aromatic nitrogens is 1. The average molecular weight is 234 g/mol. The van der Waals surface area contributed by atoms with Crippen LogP contribution in [0, 0.1) is 5.82 Å². The second kappa shape index (κ2) is 3.64. The van der Waals surface area contributed by atoms with Gasteiger partial charge in [-0.3, -0.25) is 4.90 Å². The number of thiazole rings is 1. The van der Waals surface area contributed by atoms with Gasteiger partial charge in [-0.25, -0.2) is 9.37 Å². The molecule has 0 unspecified atom stereocenters. The number of halogens is 1. The van der Waals surface area contributed by atoms with Gasteiger partial charge in [-0.1, -0.05) is 12.1 Å². The highest BCUT2D eigenvalue weighted by Gasteiger charge is 2.21. The molecule has 1 aromatic heterocycles. The average Bonchev–Trinajstić information content (AvgIpc) is 2.75. The lowest BCUT2D eigenvalue weighted by Gasteiger charge is -2.04. The molecule has 2 heterocycles. The van der Waals surface area contributed by atoms with Gasteiger partial charge in [0.15, 0.2) is 0 Å². The fourth-order valence-electron chi connectivity index (χ4n) is 1.94. The normalized spacial score (nSPS) is 15.4. The van der Waals surface area contributed by atoms with Crippen LogP contribution in [0.1, 0.15) is 10.6 Å². The van der Waals surface area contributed by atoms with E-state index >= 15 is 0 Å². The monoisotopic (exact) mass is 234 g/mol. The number of rotatable bonds is 1. The smallest absolute Gasteiger partial charge is 0.133 e. The third kappa shape index (κ3) is 1.54. The fourth-order valence-corrected chi connectivity index (χ4v) is 3.11. The van der Waals surface area contributed by atoms with E-state index in [0.717, 1.165) is 23.8 Å². The first-order chi connectivity index (χ1) is 7.74. The Morgan fingerprint density at radius 3 is 2.88 bits per heavy atom. The zero-order valence-electron chi connectivity index (χ0n) is 8.90. The maximum absolute atomic E-state index is 13.6. The van der Waals surface area contributed by atoms with Crippen molar-refractivity contribution < 1.29 is 4.39 Å². The van der Waals surface area contributed by atoms with Crippen molar-refractivity contribution in [3.63, 3.8) is 0 Å². The Labute approximate surface area is 97.4 Å². The summed E-state index contributed by atoms with van der Waals surface area (Å²) in [6.07, 6.45) is 0. The minimum absolute atomic E-state index is 0.191. The molecule has 1 aromatic carbocycles. The number of nitrogens with zero attached hydrogens (tertiary/aromatic N) is 2. The van der Waals surface area contributed by atoms with E-state index in [1.54, 1.807) is 23.5 Å². The lowest BCUT2D eigenvalue weighted by Crippen LogP contribution is -2.08. The minimum atomic E-state index is -0.191. The summed E-state index contributed by atoms with van der Waals surface area (Å²) in [5.74, 6) is -0.191. The van der Waals surface area contributed by atoms with Crippen molar-refractivity contribution >= 4 is 11.3 Å². The molecule has 0 atom stereocenters. The standard InChI is InChI=1S/C12H11FN2S/c1-15-6-10-11(7-15)16-12(14-10)8-4-2-3-5-9(8)13/h2-5H,6-7H2,1H3. The van der Waals surface area contributed by atoms with Crippen molar-refractivity contribution in [1.82, 2.24) is 9.88 Å². The molecule has 1 aliphatic heterocycles. The van der Waals surface area contributed by atoms with E-state index in [9.17, 15) is 4.39 Å². The first-order valence-electron chi connectivity index (χ1n) is 5.16. The molecule has 0 spiro atoms. The molecule has 0 fully saturated rings. The van der Waals surface area contributed by atoms with Crippen molar-refractivity contribution in [2.24, 2.45) is 0 Å². The maximum atomic E-state index is 13.6. The van der Waals surface area contributed by atoms with Crippen LogP contribution in [-0.4, -0.2) is 16.9 Å². The molecule has 1 aliphatic rings. The molecule has 3 rings (SSSR count). The second-order valence-electron chi connectivity index (χ2n) is 4.04. The molecule has 0 radical (unpaired) electrons. The Balaban J connectivity index is 2.04. The molecule has 2 nitrogen and oxygen atoms in total. The summed E-state index contributed by atoms with van der Waals surface area (Å²) >= 11 is 1.60. The summed E-state index contributed by atoms with van der Waals surface area (Å²) in [5, 5.41) is 0.802. The van der Waals surface area contributed by atoms with Crippen molar-refractivity contribution in [2.45, 2.75) is 13.1 Å². The molecule has 0 N–H and O–H groups in total. The van der Waals surface area contributed by atoms with Gasteiger partial charge in [-0.15, -0.1) is 11.3 Å². The lowest BCUT2D eigenvalue weighted by molar-refractivity contribution is 0.352. The largest absolute Gasteiger partial charge is 0.295 e. The molecular formula is C12H11FN2S. The van der Waals surface area contributed by atoms with E-state index in [1.807, 2.05) is 6.07 Å². The van der Waals surface area contributed by atoms with Crippen molar-refractivity contribution in [2.75, 3.05) is 7.05 Å². The van der Waals surface area contributed by atoms with Crippen LogP contribution in [0.5, 0.6) is 0 Å². The predicted octanol–water partition coefficient (Wildman–Crippen LogP) is 2.89. The predicted molar refractivity (Wildman–Crippen MR) is 62.7 cm³/mol. The Bertz CT molecular complexity index is 512. The SMILES string of the molecule is CN1Cc2nc(-c3ccccc3F)sc2C1. The van der Waals surface area contributed by atoms with Crippen LogP contribution in [0.4, 0.5) is 4.39 Å². The maximum Gasteiger partial charge on any atom is 0.133 e. The van der Waals surface area contributed by atoms with Crippen LogP contribution in [0.15, 0.2) is 24.3 Å². The number of fused-ring (bicyclic) bond motifs is 1. The highest BCUT2D eigenvalue weighted by Crippen LogP contribution is 2.33. The molecule has 2 aromatic rings. The van der Waals surface area contributed by atoms with Crippen LogP contribution in [0.2, 0.25) is 0 Å². The zero-order chi connectivity index (χ0) is 11.1. The van der Waals surface area contributed by atoms with Crippen LogP contribution < -0.4 is 0 Å². The topological polar surface area (TPSA) is 16.1 Å². The van der Waals surface area contributed by atoms with Gasteiger partial charge < -0.3 is 0 Å². The van der Waals surface area contributed by atoms with Gasteiger partial charge in [0.1, 0.15) is 10.8 Å². The summed E-state index contributed by atoms with van der Waals surface area (Å²) < 4.78 is 13.6. The van der Waals surface area contributed by atoms with Gasteiger partial charge >= 0.3 is 0 Å². The molecule has 4 heteroatoms. The minimum Gasteiger partial charge on any atom is -0.295 e. The van der Waals surface area contributed by atoms with Gasteiger partial charge in [-0.05, 0) is 19.2 Å². The molecule has 0 saturated heterocycles. The van der Waals surface area contributed by atoms with Gasteiger partial charge in [0, 0.05) is 23.5 Å². The Kier molecular flexibility index (Phi) is 2.26. The number of hydrogen-bond donors (Lipinski definition) is 0. The fraction of sp³-hybridized carbons (Fsp3) is 0.250. The Morgan fingerprint density at radius 1 is 1.31 bits per heavy atom. The van der Waals surface area contributed by atoms with Gasteiger partial charge in [0.05, 0.1) is 5.69 Å². The first-order valence-corrected chi connectivity index (χ1v) is 5.98. The molecule has 16 heavy (non-hydrogen) atoms. The van der Waals surface area contributed by atoms with E-state index in [1.165, 1.54) is 10.9 Å². The molecule has 0 saturated carbocycles. The van der Waals surface area contributed by atoms with Gasteiger partial charge in [0.2, 0.25) is 0 Å². The molecule has 0 aliphatic carbocycles. The summed E-state index contributed by atoms with van der Waals surface area (Å²) in [5.41, 5.74) is 1.72. The summed E-state index contributed by atoms with van der Waals surface area (Å²) in [7, 11) is 2.07. The van der Waals surface area contributed by atoms with Gasteiger partial charge in [0.25, 0.3) is 0 Å². The first kappa shape index (κ1) is 9.93.